The van der Waals surface area contributed by atoms with Gasteiger partial charge in [0.05, 0.1) is 30.9 Å². The molecule has 0 heterocycles. The molecule has 1 unspecified atom stereocenters. The van der Waals surface area contributed by atoms with Crippen LogP contribution < -0.4 is 10.1 Å². The van der Waals surface area contributed by atoms with E-state index in [-0.39, 0.29) is 41.9 Å². The smallest absolute Gasteiger partial charge is 0.416 e. The number of fused-ring (bicyclic) bond motifs is 2. The number of hydrogen-bond donors (Lipinski definition) is 3. The van der Waals surface area contributed by atoms with E-state index in [2.05, 4.69) is 31.3 Å². The Hall–Kier alpha value is -4.93. The first-order chi connectivity index (χ1) is 28.1. The Morgan fingerprint density at radius 3 is 2.32 bits per heavy atom. The number of amides is 2. The minimum atomic E-state index is -4.62. The lowest BCUT2D eigenvalue weighted by Crippen LogP contribution is -2.67. The number of urea groups is 1. The highest BCUT2D eigenvalue weighted by Crippen LogP contribution is 2.78. The quantitative estimate of drug-likeness (QED) is 0.122. The molecule has 3 saturated carbocycles. The van der Waals surface area contributed by atoms with Gasteiger partial charge in [0.1, 0.15) is 5.75 Å². The van der Waals surface area contributed by atoms with Crippen LogP contribution in [0.3, 0.4) is 0 Å². The van der Waals surface area contributed by atoms with Gasteiger partial charge in [0, 0.05) is 39.6 Å². The molecule has 4 aromatic carbocycles. The van der Waals surface area contributed by atoms with Crippen molar-refractivity contribution in [3.05, 3.63) is 131 Å². The summed E-state index contributed by atoms with van der Waals surface area (Å²) in [5.74, 6) is -0.0994. The summed E-state index contributed by atoms with van der Waals surface area (Å²) in [6, 6.07) is 25.4. The predicted octanol–water partition coefficient (Wildman–Crippen LogP) is 10.4. The first-order valence-corrected chi connectivity index (χ1v) is 20.8. The molecule has 8 atom stereocenters. The molecule has 3 N–H and O–H groups in total. The summed E-state index contributed by atoms with van der Waals surface area (Å²) >= 11 is 0. The van der Waals surface area contributed by atoms with Crippen molar-refractivity contribution >= 4 is 28.3 Å². The number of methoxy groups -OCH3 is 1. The van der Waals surface area contributed by atoms with Crippen molar-refractivity contribution in [2.24, 2.45) is 33.5 Å². The summed E-state index contributed by atoms with van der Waals surface area (Å²) in [6.07, 6.45) is 5.16. The molecule has 0 aliphatic heterocycles. The van der Waals surface area contributed by atoms with Gasteiger partial charge in [-0.2, -0.15) is 13.2 Å². The van der Waals surface area contributed by atoms with E-state index in [9.17, 15) is 33.0 Å². The number of rotatable bonds is 8. The molecule has 2 amide bonds. The number of anilines is 1. The molecule has 6 aliphatic carbocycles. The van der Waals surface area contributed by atoms with Gasteiger partial charge in [-0.1, -0.05) is 86.7 Å². The lowest BCUT2D eigenvalue weighted by Gasteiger charge is -2.71. The monoisotopic (exact) mass is 804 g/mol. The largest absolute Gasteiger partial charge is 0.497 e. The van der Waals surface area contributed by atoms with Gasteiger partial charge in [0.2, 0.25) is 0 Å². The summed E-state index contributed by atoms with van der Waals surface area (Å²) in [4.78, 5) is 31.1. The normalized spacial score (nSPS) is 33.1. The number of ketones is 1. The summed E-state index contributed by atoms with van der Waals surface area (Å²) in [7, 11) is 1.58. The van der Waals surface area contributed by atoms with Gasteiger partial charge in [-0.05, 0) is 115 Å². The predicted molar refractivity (Wildman–Crippen MR) is 221 cm³/mol. The Morgan fingerprint density at radius 2 is 1.56 bits per heavy atom. The third kappa shape index (κ3) is 5.99. The molecule has 7 nitrogen and oxygen atoms in total. The van der Waals surface area contributed by atoms with Crippen LogP contribution in [0.5, 0.6) is 5.75 Å². The second-order valence-corrected chi connectivity index (χ2v) is 18.4. The van der Waals surface area contributed by atoms with Gasteiger partial charge in [0.25, 0.3) is 0 Å². The summed E-state index contributed by atoms with van der Waals surface area (Å²) in [5, 5.41) is 29.4. The third-order valence-corrected chi connectivity index (χ3v) is 15.7. The van der Waals surface area contributed by atoms with E-state index in [0.29, 0.717) is 55.5 Å². The van der Waals surface area contributed by atoms with E-state index in [1.165, 1.54) is 12.1 Å². The van der Waals surface area contributed by atoms with Crippen LogP contribution in [0.1, 0.15) is 80.3 Å². The van der Waals surface area contributed by atoms with Crippen LogP contribution in [0.15, 0.2) is 115 Å². The number of ether oxygens (including phenoxy) is 1. The Morgan fingerprint density at radius 1 is 0.864 bits per heavy atom. The van der Waals surface area contributed by atoms with E-state index in [1.54, 1.807) is 36.3 Å². The first kappa shape index (κ1) is 39.5. The molecule has 2 spiro atoms. The molecule has 3 fully saturated rings. The molecule has 2 bridgehead atoms. The Balaban J connectivity index is 1.12. The van der Waals surface area contributed by atoms with E-state index in [4.69, 9.17) is 4.74 Å². The molecule has 308 valence electrons. The Kier molecular flexibility index (Phi) is 9.25. The lowest BCUT2D eigenvalue weighted by molar-refractivity contribution is -0.174. The molecular weight excluding hydrogens is 754 g/mol. The van der Waals surface area contributed by atoms with Gasteiger partial charge < -0.3 is 25.2 Å². The summed E-state index contributed by atoms with van der Waals surface area (Å²) in [5.41, 5.74) is -2.93. The zero-order valence-electron chi connectivity index (χ0n) is 33.7. The van der Waals surface area contributed by atoms with Gasteiger partial charge in [0.15, 0.2) is 5.78 Å². The number of aliphatic hydroxyl groups is 2. The number of carbonyl (C=O) groups is 2. The number of hydrogen-bond acceptors (Lipinski definition) is 5. The van der Waals surface area contributed by atoms with Crippen molar-refractivity contribution < 1.29 is 37.7 Å². The number of allylic oxidation sites excluding steroid dienone is 4. The van der Waals surface area contributed by atoms with Gasteiger partial charge in [-0.25, -0.2) is 4.79 Å². The lowest BCUT2D eigenvalue weighted by atomic mass is 9.32. The van der Waals surface area contributed by atoms with Crippen molar-refractivity contribution in [3.8, 4) is 5.75 Å². The van der Waals surface area contributed by atoms with Gasteiger partial charge in [-0.3, -0.25) is 4.79 Å². The SMILES string of the molecule is COc1ccc(NC(=O)N(Cc2cccc3ccccc23)C[C@]2(O)CC[C@H]3[C@]45C=C[C@@]6(C=C4C(=O)c4cccc(C(F)(F)F)c4)CC(O)CC[C@]6(C)[C@H]5CC[C@@]32C)cc1. The molecule has 59 heavy (non-hydrogen) atoms. The van der Waals surface area contributed by atoms with Crippen LogP contribution in [0.2, 0.25) is 0 Å². The standard InChI is InChI=1S/C49H51F3N2O5/c1-44-21-18-36(55)27-46(44)24-25-48(39(28-46)42(56)32-10-7-12-34(26-32)49(50,51)52)40(44)19-22-45(2)41(48)20-23-47(45,58)30-54(43(57)53-35-14-16-37(59-3)17-15-35)29-33-11-6-9-31-8-4-5-13-38(31)33/h4-17,24-26,28,36,40-41,55,58H,18-23,27,29-30H2,1-3H3,(H,53,57)/t36?,40-,41-,44-,45+,46+,47-,48-/m1/s1. The minimum absolute atomic E-state index is 0.0175. The summed E-state index contributed by atoms with van der Waals surface area (Å²) in [6.45, 7) is 4.60. The second kappa shape index (κ2) is 13.8. The number of aliphatic hydroxyl groups excluding tert-OH is 1. The highest BCUT2D eigenvalue weighted by molar-refractivity contribution is 6.10. The maximum absolute atomic E-state index is 15.0. The fourth-order valence-corrected chi connectivity index (χ4v) is 12.6. The topological polar surface area (TPSA) is 99.1 Å². The molecule has 0 saturated heterocycles. The number of alkyl halides is 3. The van der Waals surface area contributed by atoms with Gasteiger partial charge >= 0.3 is 12.2 Å². The molecule has 10 rings (SSSR count). The summed E-state index contributed by atoms with van der Waals surface area (Å²) < 4.78 is 47.4. The highest BCUT2D eigenvalue weighted by Gasteiger charge is 2.74. The minimum Gasteiger partial charge on any atom is -0.497 e. The van der Waals surface area contributed by atoms with Crippen molar-refractivity contribution in [2.45, 2.75) is 83.2 Å². The number of benzene rings is 4. The van der Waals surface area contributed by atoms with E-state index in [0.717, 1.165) is 34.9 Å². The molecule has 6 aliphatic rings. The van der Waals surface area contributed by atoms with Crippen LogP contribution in [0.25, 0.3) is 10.8 Å². The average molecular weight is 805 g/mol. The van der Waals surface area contributed by atoms with E-state index in [1.807, 2.05) is 48.5 Å². The van der Waals surface area contributed by atoms with Crippen molar-refractivity contribution in [1.29, 1.82) is 0 Å². The van der Waals surface area contributed by atoms with Gasteiger partial charge in [-0.15, -0.1) is 0 Å². The van der Waals surface area contributed by atoms with Crippen LogP contribution in [-0.2, 0) is 12.7 Å². The second-order valence-electron chi connectivity index (χ2n) is 18.4. The van der Waals surface area contributed by atoms with E-state index < -0.39 is 45.5 Å². The molecule has 10 heteroatoms. The van der Waals surface area contributed by atoms with Crippen LogP contribution in [0.4, 0.5) is 23.7 Å². The third-order valence-electron chi connectivity index (χ3n) is 15.7. The number of nitrogens with one attached hydrogen (secondary N) is 1. The van der Waals surface area contributed by atoms with Crippen LogP contribution in [0, 0.1) is 33.5 Å². The molecule has 0 radical (unpaired) electrons. The Bertz CT molecular complexity index is 2390. The average Bonchev–Trinajstić information content (AvgIpc) is 3.50. The fraction of sp³-hybridized carbons (Fsp3) is 0.429. The van der Waals surface area contributed by atoms with E-state index >= 15 is 0 Å². The fourth-order valence-electron chi connectivity index (χ4n) is 12.6. The number of Topliss-reactive ketones (excluding diaryl/α,β-unsaturated/α-hetero) is 1. The zero-order valence-corrected chi connectivity index (χ0v) is 33.7. The maximum atomic E-state index is 15.0. The number of nitrogens with zero attached hydrogens (tertiary/aromatic N) is 1. The zero-order chi connectivity index (χ0) is 41.6. The molecular formula is C49H51F3N2O5. The Labute approximate surface area is 343 Å². The number of carbonyl (C=O) groups excluding carboxylic acids is 2. The van der Waals surface area contributed by atoms with Crippen LogP contribution >= 0.6 is 0 Å². The van der Waals surface area contributed by atoms with Crippen LogP contribution in [-0.4, -0.2) is 52.3 Å². The molecule has 4 aromatic rings. The molecule has 0 aromatic heterocycles. The van der Waals surface area contributed by atoms with Crippen molar-refractivity contribution in [2.75, 3.05) is 19.0 Å². The maximum Gasteiger partial charge on any atom is 0.416 e. The highest BCUT2D eigenvalue weighted by atomic mass is 19.4. The van der Waals surface area contributed by atoms with Crippen molar-refractivity contribution in [1.82, 2.24) is 4.90 Å². The number of halogens is 3. The van der Waals surface area contributed by atoms with Crippen molar-refractivity contribution in [3.63, 3.8) is 0 Å². The first-order valence-electron chi connectivity index (χ1n) is 20.8.